The van der Waals surface area contributed by atoms with Crippen LogP contribution in [-0.4, -0.2) is 31.0 Å². The van der Waals surface area contributed by atoms with E-state index in [1.54, 1.807) is 0 Å². The van der Waals surface area contributed by atoms with E-state index in [0.717, 1.165) is 25.2 Å². The predicted molar refractivity (Wildman–Crippen MR) is 61.5 cm³/mol. The monoisotopic (exact) mass is 222 g/mol. The summed E-state index contributed by atoms with van der Waals surface area (Å²) in [4.78, 5) is 0. The third-order valence-electron chi connectivity index (χ3n) is 2.90. The minimum atomic E-state index is -0.430. The largest absolute Gasteiger partial charge is 0.491 e. The fourth-order valence-electron chi connectivity index (χ4n) is 1.90. The van der Waals surface area contributed by atoms with E-state index < -0.39 is 6.10 Å². The van der Waals surface area contributed by atoms with E-state index in [9.17, 15) is 5.11 Å². The Bertz CT molecular complexity index is 293. The topological polar surface area (TPSA) is 38.7 Å². The number of aliphatic hydroxyl groups excluding tert-OH is 1. The van der Waals surface area contributed by atoms with Gasteiger partial charge in [0.15, 0.2) is 0 Å². The minimum absolute atomic E-state index is 0.220. The Morgan fingerprint density at radius 3 is 2.88 bits per heavy atom. The first-order valence-electron chi connectivity index (χ1n) is 5.80. The highest BCUT2D eigenvalue weighted by Gasteiger charge is 2.22. The van der Waals surface area contributed by atoms with Crippen molar-refractivity contribution in [1.82, 2.24) is 0 Å². The van der Waals surface area contributed by atoms with E-state index in [1.165, 1.54) is 0 Å². The molecule has 2 rings (SSSR count). The quantitative estimate of drug-likeness (QED) is 0.845. The highest BCUT2D eigenvalue weighted by molar-refractivity contribution is 5.20. The molecule has 0 radical (unpaired) electrons. The maximum atomic E-state index is 9.93. The van der Waals surface area contributed by atoms with E-state index in [2.05, 4.69) is 0 Å². The Kier molecular flexibility index (Phi) is 4.19. The summed E-state index contributed by atoms with van der Waals surface area (Å²) in [5.74, 6) is 1.02. The van der Waals surface area contributed by atoms with Crippen LogP contribution in [0.4, 0.5) is 0 Å². The second-order valence-corrected chi connectivity index (χ2v) is 4.17. The summed E-state index contributed by atoms with van der Waals surface area (Å²) < 4.78 is 10.9. The second-order valence-electron chi connectivity index (χ2n) is 4.17. The summed E-state index contributed by atoms with van der Waals surface area (Å²) in [5.41, 5.74) is 0. The molecule has 0 spiro atoms. The molecule has 2 unspecified atom stereocenters. The zero-order valence-corrected chi connectivity index (χ0v) is 9.34. The molecule has 16 heavy (non-hydrogen) atoms. The first-order valence-corrected chi connectivity index (χ1v) is 5.80. The molecule has 1 N–H and O–H groups in total. The van der Waals surface area contributed by atoms with E-state index in [-0.39, 0.29) is 5.92 Å². The molecular weight excluding hydrogens is 204 g/mol. The molecule has 3 heteroatoms. The average Bonchev–Trinajstić information content (AvgIpc) is 2.38. The zero-order valence-electron chi connectivity index (χ0n) is 9.34. The number of hydrogen-bond acceptors (Lipinski definition) is 3. The van der Waals surface area contributed by atoms with Crippen LogP contribution in [0.2, 0.25) is 0 Å². The molecule has 0 aromatic heterocycles. The smallest absolute Gasteiger partial charge is 0.119 e. The Hall–Kier alpha value is -1.06. The van der Waals surface area contributed by atoms with Crippen LogP contribution in [0, 0.1) is 5.92 Å². The van der Waals surface area contributed by atoms with Crippen molar-refractivity contribution in [2.45, 2.75) is 18.9 Å². The van der Waals surface area contributed by atoms with Gasteiger partial charge in [-0.25, -0.2) is 0 Å². The van der Waals surface area contributed by atoms with Gasteiger partial charge >= 0.3 is 0 Å². The number of hydrogen-bond donors (Lipinski definition) is 1. The molecule has 1 aromatic carbocycles. The van der Waals surface area contributed by atoms with Crippen molar-refractivity contribution >= 4 is 0 Å². The van der Waals surface area contributed by atoms with Crippen molar-refractivity contribution in [2.75, 3.05) is 19.8 Å². The summed E-state index contributed by atoms with van der Waals surface area (Å²) >= 11 is 0. The molecule has 1 heterocycles. The molecule has 88 valence electrons. The lowest BCUT2D eigenvalue weighted by Crippen LogP contribution is -2.33. The van der Waals surface area contributed by atoms with Crippen LogP contribution in [0.1, 0.15) is 12.8 Å². The number of rotatable bonds is 4. The Morgan fingerprint density at radius 1 is 1.38 bits per heavy atom. The molecule has 1 saturated heterocycles. The third kappa shape index (κ3) is 3.22. The van der Waals surface area contributed by atoms with Gasteiger partial charge in [0.1, 0.15) is 12.4 Å². The normalized spacial score (nSPS) is 22.7. The van der Waals surface area contributed by atoms with E-state index in [1.807, 2.05) is 30.3 Å². The maximum Gasteiger partial charge on any atom is 0.119 e. The van der Waals surface area contributed by atoms with Crippen LogP contribution in [0.3, 0.4) is 0 Å². The Labute approximate surface area is 96.0 Å². The van der Waals surface area contributed by atoms with Gasteiger partial charge in [-0.3, -0.25) is 0 Å². The van der Waals surface area contributed by atoms with Gasteiger partial charge in [-0.05, 0) is 25.0 Å². The van der Waals surface area contributed by atoms with Gasteiger partial charge in [-0.2, -0.15) is 0 Å². The molecule has 0 bridgehead atoms. The summed E-state index contributed by atoms with van der Waals surface area (Å²) in [7, 11) is 0. The molecule has 0 aliphatic carbocycles. The van der Waals surface area contributed by atoms with Gasteiger partial charge in [0.05, 0.1) is 12.7 Å². The third-order valence-corrected chi connectivity index (χ3v) is 2.90. The average molecular weight is 222 g/mol. The Morgan fingerprint density at radius 2 is 2.19 bits per heavy atom. The van der Waals surface area contributed by atoms with Gasteiger partial charge in [-0.15, -0.1) is 0 Å². The van der Waals surface area contributed by atoms with Crippen molar-refractivity contribution < 1.29 is 14.6 Å². The molecule has 1 aliphatic heterocycles. The Balaban J connectivity index is 1.76. The fourth-order valence-corrected chi connectivity index (χ4v) is 1.90. The van der Waals surface area contributed by atoms with E-state index in [0.29, 0.717) is 13.2 Å². The standard InChI is InChI=1S/C13H18O3/c14-13(11-5-4-8-15-9-11)10-16-12-6-2-1-3-7-12/h1-3,6-7,11,13-14H,4-5,8-10H2. The SMILES string of the molecule is OC(COc1ccccc1)C1CCCOC1. The summed E-state index contributed by atoms with van der Waals surface area (Å²) in [6, 6.07) is 9.57. The lowest BCUT2D eigenvalue weighted by atomic mass is 9.96. The van der Waals surface area contributed by atoms with Gasteiger partial charge in [0, 0.05) is 12.5 Å². The highest BCUT2D eigenvalue weighted by atomic mass is 16.5. The molecule has 0 saturated carbocycles. The van der Waals surface area contributed by atoms with E-state index >= 15 is 0 Å². The lowest BCUT2D eigenvalue weighted by molar-refractivity contribution is -0.0255. The van der Waals surface area contributed by atoms with Crippen LogP contribution in [0.25, 0.3) is 0 Å². The van der Waals surface area contributed by atoms with Gasteiger partial charge < -0.3 is 14.6 Å². The summed E-state index contributed by atoms with van der Waals surface area (Å²) in [6.07, 6.45) is 1.63. The molecule has 1 aromatic rings. The van der Waals surface area contributed by atoms with Gasteiger partial charge in [0.25, 0.3) is 0 Å². The summed E-state index contributed by atoms with van der Waals surface area (Å²) in [6.45, 7) is 1.82. The highest BCUT2D eigenvalue weighted by Crippen LogP contribution is 2.18. The number of para-hydroxylation sites is 1. The number of aliphatic hydroxyl groups is 1. The van der Waals surface area contributed by atoms with Crippen LogP contribution < -0.4 is 4.74 Å². The van der Waals surface area contributed by atoms with Gasteiger partial charge in [0.2, 0.25) is 0 Å². The molecule has 3 nitrogen and oxygen atoms in total. The summed E-state index contributed by atoms with van der Waals surface area (Å²) in [5, 5.41) is 9.93. The number of benzene rings is 1. The molecule has 2 atom stereocenters. The van der Waals surface area contributed by atoms with E-state index in [4.69, 9.17) is 9.47 Å². The lowest BCUT2D eigenvalue weighted by Gasteiger charge is -2.26. The van der Waals surface area contributed by atoms with Crippen LogP contribution in [-0.2, 0) is 4.74 Å². The maximum absolute atomic E-state index is 9.93. The van der Waals surface area contributed by atoms with Crippen LogP contribution in [0.5, 0.6) is 5.75 Å². The predicted octanol–water partition coefficient (Wildman–Crippen LogP) is 1.85. The number of ether oxygens (including phenoxy) is 2. The molecule has 1 fully saturated rings. The zero-order chi connectivity index (χ0) is 11.2. The van der Waals surface area contributed by atoms with Gasteiger partial charge in [-0.1, -0.05) is 18.2 Å². The van der Waals surface area contributed by atoms with Crippen molar-refractivity contribution in [1.29, 1.82) is 0 Å². The first-order chi connectivity index (χ1) is 7.86. The first kappa shape index (κ1) is 11.4. The van der Waals surface area contributed by atoms with Crippen molar-refractivity contribution in [3.63, 3.8) is 0 Å². The fraction of sp³-hybridized carbons (Fsp3) is 0.538. The van der Waals surface area contributed by atoms with Crippen molar-refractivity contribution in [3.05, 3.63) is 30.3 Å². The van der Waals surface area contributed by atoms with Crippen LogP contribution >= 0.6 is 0 Å². The molecular formula is C13H18O3. The molecule has 0 amide bonds. The minimum Gasteiger partial charge on any atom is -0.491 e. The van der Waals surface area contributed by atoms with Crippen molar-refractivity contribution in [3.8, 4) is 5.75 Å². The molecule has 1 aliphatic rings. The van der Waals surface area contributed by atoms with Crippen LogP contribution in [0.15, 0.2) is 30.3 Å². The second kappa shape index (κ2) is 5.87. The van der Waals surface area contributed by atoms with Crippen molar-refractivity contribution in [2.24, 2.45) is 5.92 Å².